The summed E-state index contributed by atoms with van der Waals surface area (Å²) in [5.74, 6) is 0. The monoisotopic (exact) mass is 211 g/mol. The molecule has 1 aromatic rings. The van der Waals surface area contributed by atoms with Crippen LogP contribution in [0.5, 0.6) is 0 Å². The maximum Gasteiger partial charge on any atom is 0.0445 e. The first-order valence-electron chi connectivity index (χ1n) is 5.71. The smallest absolute Gasteiger partial charge is 0.0445 e. The predicted octanol–water partition coefficient (Wildman–Crippen LogP) is 3.63. The number of pyridine rings is 1. The minimum atomic E-state index is 1.09. The van der Waals surface area contributed by atoms with Crippen molar-refractivity contribution >= 4 is 5.57 Å². The van der Waals surface area contributed by atoms with Gasteiger partial charge in [0.1, 0.15) is 0 Å². The van der Waals surface area contributed by atoms with Crippen molar-refractivity contribution in [3.8, 4) is 0 Å². The molecule has 0 amide bonds. The van der Waals surface area contributed by atoms with E-state index in [4.69, 9.17) is 0 Å². The van der Waals surface area contributed by atoms with Gasteiger partial charge in [0.05, 0.1) is 0 Å². The summed E-state index contributed by atoms with van der Waals surface area (Å²) in [5, 5.41) is 0. The second kappa shape index (κ2) is 4.48. The summed E-state index contributed by atoms with van der Waals surface area (Å²) in [4.78, 5) is 4.60. The van der Waals surface area contributed by atoms with Crippen molar-refractivity contribution in [3.63, 3.8) is 0 Å². The summed E-state index contributed by atoms with van der Waals surface area (Å²) < 4.78 is 0. The fourth-order valence-corrected chi connectivity index (χ4v) is 2.33. The van der Waals surface area contributed by atoms with Gasteiger partial charge in [-0.15, -0.1) is 0 Å². The average molecular weight is 211 g/mol. The van der Waals surface area contributed by atoms with E-state index in [0.717, 1.165) is 24.1 Å². The highest BCUT2D eigenvalue weighted by molar-refractivity contribution is 5.77. The van der Waals surface area contributed by atoms with Gasteiger partial charge in [-0.3, -0.25) is 4.98 Å². The molecule has 1 nitrogen and oxygen atoms in total. The van der Waals surface area contributed by atoms with E-state index in [1.54, 1.807) is 0 Å². The average Bonchev–Trinajstić information content (AvgIpc) is 2.72. The fraction of sp³-hybridized carbons (Fsp3) is 0.267. The van der Waals surface area contributed by atoms with Crippen LogP contribution in [0.4, 0.5) is 0 Å². The highest BCUT2D eigenvalue weighted by atomic mass is 14.7. The van der Waals surface area contributed by atoms with E-state index in [9.17, 15) is 0 Å². The number of fused-ring (bicyclic) bond motifs is 1. The van der Waals surface area contributed by atoms with Gasteiger partial charge in [0.15, 0.2) is 0 Å². The molecule has 0 saturated carbocycles. The number of nitrogens with zero attached hydrogens (tertiary/aromatic N) is 1. The van der Waals surface area contributed by atoms with Crippen LogP contribution >= 0.6 is 0 Å². The maximum absolute atomic E-state index is 4.60. The third-order valence-corrected chi connectivity index (χ3v) is 3.01. The Kier molecular flexibility index (Phi) is 3.04. The van der Waals surface area contributed by atoms with E-state index in [2.05, 4.69) is 31.1 Å². The standard InChI is InChI=1S/C15H17N/c1-4-7-12(5-2)14-10-11(3)16-15-9-6-8-13(14)15/h4-5,7,10H,1-2,6,8-9H2,3H3/b12-7+. The first kappa shape index (κ1) is 10.9. The van der Waals surface area contributed by atoms with Crippen molar-refractivity contribution in [2.24, 2.45) is 0 Å². The molecule has 82 valence electrons. The fourth-order valence-electron chi connectivity index (χ4n) is 2.33. The van der Waals surface area contributed by atoms with Gasteiger partial charge in [-0.1, -0.05) is 31.4 Å². The zero-order chi connectivity index (χ0) is 11.5. The molecule has 0 aliphatic heterocycles. The summed E-state index contributed by atoms with van der Waals surface area (Å²) in [6.45, 7) is 9.68. The van der Waals surface area contributed by atoms with E-state index >= 15 is 0 Å². The molecule has 1 aliphatic rings. The highest BCUT2D eigenvalue weighted by Gasteiger charge is 2.17. The Hall–Kier alpha value is -1.63. The largest absolute Gasteiger partial charge is 0.258 e. The summed E-state index contributed by atoms with van der Waals surface area (Å²) in [5.41, 5.74) is 6.20. The van der Waals surface area contributed by atoms with Crippen molar-refractivity contribution in [1.82, 2.24) is 4.98 Å². The Bertz CT molecular complexity index is 467. The lowest BCUT2D eigenvalue weighted by Gasteiger charge is -2.10. The van der Waals surface area contributed by atoms with Gasteiger partial charge in [-0.25, -0.2) is 0 Å². The van der Waals surface area contributed by atoms with Gasteiger partial charge in [0, 0.05) is 11.4 Å². The van der Waals surface area contributed by atoms with E-state index in [0.29, 0.717) is 0 Å². The quantitative estimate of drug-likeness (QED) is 0.696. The number of aromatic nitrogens is 1. The molecule has 1 heteroatoms. The van der Waals surface area contributed by atoms with Crippen molar-refractivity contribution in [1.29, 1.82) is 0 Å². The molecule has 0 saturated heterocycles. The minimum absolute atomic E-state index is 1.09. The molecule has 1 aliphatic carbocycles. The molecule has 0 aromatic carbocycles. The van der Waals surface area contributed by atoms with Crippen molar-refractivity contribution < 1.29 is 0 Å². The molecule has 0 radical (unpaired) electrons. The van der Waals surface area contributed by atoms with E-state index in [1.807, 2.05) is 18.2 Å². The zero-order valence-electron chi connectivity index (χ0n) is 9.79. The Morgan fingerprint density at radius 3 is 2.88 bits per heavy atom. The zero-order valence-corrected chi connectivity index (χ0v) is 9.79. The van der Waals surface area contributed by atoms with Gasteiger partial charge in [-0.05, 0) is 49.0 Å². The molecule has 0 bridgehead atoms. The second-order valence-electron chi connectivity index (χ2n) is 4.15. The Morgan fingerprint density at radius 2 is 2.19 bits per heavy atom. The highest BCUT2D eigenvalue weighted by Crippen LogP contribution is 2.29. The second-order valence-corrected chi connectivity index (χ2v) is 4.15. The summed E-state index contributed by atoms with van der Waals surface area (Å²) in [7, 11) is 0. The third kappa shape index (κ3) is 1.85. The van der Waals surface area contributed by atoms with Crippen LogP contribution in [0.15, 0.2) is 37.5 Å². The molecular formula is C15H17N. The molecule has 0 N–H and O–H groups in total. The summed E-state index contributed by atoms with van der Waals surface area (Å²) >= 11 is 0. The van der Waals surface area contributed by atoms with Crippen molar-refractivity contribution in [2.75, 3.05) is 0 Å². The molecule has 2 rings (SSSR count). The lowest BCUT2D eigenvalue weighted by molar-refractivity contribution is 0.896. The molecule has 0 atom stereocenters. The predicted molar refractivity (Wildman–Crippen MR) is 69.4 cm³/mol. The van der Waals surface area contributed by atoms with Gasteiger partial charge < -0.3 is 0 Å². The molecule has 1 heterocycles. The number of allylic oxidation sites excluding steroid dienone is 4. The molecule has 1 aromatic heterocycles. The lowest BCUT2D eigenvalue weighted by atomic mass is 9.98. The van der Waals surface area contributed by atoms with Gasteiger partial charge in [0.2, 0.25) is 0 Å². The maximum atomic E-state index is 4.60. The van der Waals surface area contributed by atoms with Gasteiger partial charge in [-0.2, -0.15) is 0 Å². The molecule has 0 unspecified atom stereocenters. The third-order valence-electron chi connectivity index (χ3n) is 3.01. The number of rotatable bonds is 3. The normalized spacial score (nSPS) is 14.7. The first-order valence-corrected chi connectivity index (χ1v) is 5.71. The SMILES string of the molecule is C=C/C=C(\C=C)c1cc(C)nc2c1CCC2. The van der Waals surface area contributed by atoms with Gasteiger partial charge in [0.25, 0.3) is 0 Å². The van der Waals surface area contributed by atoms with Crippen LogP contribution in [0.2, 0.25) is 0 Å². The van der Waals surface area contributed by atoms with Crippen LogP contribution in [-0.4, -0.2) is 4.98 Å². The lowest BCUT2D eigenvalue weighted by Crippen LogP contribution is -1.97. The van der Waals surface area contributed by atoms with Crippen molar-refractivity contribution in [2.45, 2.75) is 26.2 Å². The van der Waals surface area contributed by atoms with Crippen molar-refractivity contribution in [3.05, 3.63) is 60.0 Å². The van der Waals surface area contributed by atoms with Crippen LogP contribution < -0.4 is 0 Å². The number of hydrogen-bond donors (Lipinski definition) is 0. The van der Waals surface area contributed by atoms with Crippen LogP contribution in [0.3, 0.4) is 0 Å². The molecule has 0 fully saturated rings. The number of hydrogen-bond acceptors (Lipinski definition) is 1. The van der Waals surface area contributed by atoms with Crippen LogP contribution in [0.25, 0.3) is 5.57 Å². The Morgan fingerprint density at radius 1 is 1.38 bits per heavy atom. The topological polar surface area (TPSA) is 12.9 Å². The number of aryl methyl sites for hydroxylation is 2. The summed E-state index contributed by atoms with van der Waals surface area (Å²) in [6, 6.07) is 2.15. The Labute approximate surface area is 97.2 Å². The molecule has 16 heavy (non-hydrogen) atoms. The minimum Gasteiger partial charge on any atom is -0.258 e. The van der Waals surface area contributed by atoms with E-state index < -0.39 is 0 Å². The summed E-state index contributed by atoms with van der Waals surface area (Å²) in [6.07, 6.45) is 9.20. The Balaban J connectivity index is 2.60. The van der Waals surface area contributed by atoms with Gasteiger partial charge >= 0.3 is 0 Å². The van der Waals surface area contributed by atoms with Crippen LogP contribution in [-0.2, 0) is 12.8 Å². The molecule has 0 spiro atoms. The van der Waals surface area contributed by atoms with Crippen LogP contribution in [0, 0.1) is 6.92 Å². The van der Waals surface area contributed by atoms with E-state index in [1.165, 1.54) is 23.2 Å². The van der Waals surface area contributed by atoms with Crippen LogP contribution in [0.1, 0.15) is 28.9 Å². The van der Waals surface area contributed by atoms with E-state index in [-0.39, 0.29) is 0 Å². The molecular weight excluding hydrogens is 194 g/mol. The first-order chi connectivity index (χ1) is 7.76.